The molecule has 3 rings (SSSR count). The summed E-state index contributed by atoms with van der Waals surface area (Å²) in [5.41, 5.74) is 1.16. The van der Waals surface area contributed by atoms with E-state index >= 15 is 0 Å². The number of fused-ring (bicyclic) bond motifs is 1. The van der Waals surface area contributed by atoms with Gasteiger partial charge >= 0.3 is 7.12 Å². The molecule has 0 bridgehead atoms. The first-order valence-electron chi connectivity index (χ1n) is 7.80. The molecular weight excluding hydrogens is 357 g/mol. The van der Waals surface area contributed by atoms with E-state index in [4.69, 9.17) is 9.31 Å². The zero-order valence-electron chi connectivity index (χ0n) is 13.9. The zero-order valence-corrected chi connectivity index (χ0v) is 15.5. The third-order valence-electron chi connectivity index (χ3n) is 4.88. The van der Waals surface area contributed by atoms with Crippen LogP contribution in [0.15, 0.2) is 34.7 Å². The van der Waals surface area contributed by atoms with E-state index in [-0.39, 0.29) is 24.2 Å². The Kier molecular flexibility index (Phi) is 4.19. The van der Waals surface area contributed by atoms with Gasteiger partial charge in [-0.25, -0.2) is 0 Å². The molecule has 0 radical (unpaired) electrons. The predicted molar refractivity (Wildman–Crippen MR) is 94.1 cm³/mol. The second-order valence-corrected chi connectivity index (χ2v) is 7.86. The van der Waals surface area contributed by atoms with Crippen LogP contribution in [0.4, 0.5) is 0 Å². The molecule has 1 aromatic rings. The van der Waals surface area contributed by atoms with Gasteiger partial charge in [-0.2, -0.15) is 0 Å². The topological polar surface area (TPSA) is 38.8 Å². The number of halogens is 1. The minimum atomic E-state index is -0.369. The highest BCUT2D eigenvalue weighted by atomic mass is 79.9. The Morgan fingerprint density at radius 1 is 1.26 bits per heavy atom. The normalized spacial score (nSPS) is 22.2. The number of hydrogen-bond donors (Lipinski definition) is 0. The summed E-state index contributed by atoms with van der Waals surface area (Å²) < 4.78 is 12.8. The van der Waals surface area contributed by atoms with Gasteiger partial charge in [0.25, 0.3) is 5.91 Å². The molecule has 0 aliphatic carbocycles. The third kappa shape index (κ3) is 3.00. The Balaban J connectivity index is 1.63. The molecule has 2 aliphatic rings. The lowest BCUT2D eigenvalue weighted by molar-refractivity contribution is 0.00578. The Hall–Kier alpha value is -1.11. The Morgan fingerprint density at radius 2 is 1.91 bits per heavy atom. The molecule has 0 N–H and O–H groups in total. The minimum absolute atomic E-state index is 0.0693. The summed E-state index contributed by atoms with van der Waals surface area (Å²) in [6.45, 7) is 9.28. The van der Waals surface area contributed by atoms with Crippen molar-refractivity contribution in [2.24, 2.45) is 0 Å². The van der Waals surface area contributed by atoms with Crippen molar-refractivity contribution in [2.45, 2.75) is 45.4 Å². The summed E-state index contributed by atoms with van der Waals surface area (Å²) in [5, 5.41) is 0. The largest absolute Gasteiger partial charge is 0.486 e. The maximum atomic E-state index is 12.4. The minimum Gasteiger partial charge on any atom is -0.400 e. The highest BCUT2D eigenvalue weighted by Gasteiger charge is 2.50. The Labute approximate surface area is 146 Å². The molecule has 2 aliphatic heterocycles. The van der Waals surface area contributed by atoms with Crippen molar-refractivity contribution >= 4 is 29.0 Å². The number of carbonyl (C=O) groups excluding carboxylic acids is 1. The van der Waals surface area contributed by atoms with Crippen molar-refractivity contribution in [3.05, 3.63) is 45.9 Å². The second kappa shape index (κ2) is 5.76. The molecule has 0 atom stereocenters. The number of rotatable bonds is 3. The van der Waals surface area contributed by atoms with E-state index in [1.807, 2.05) is 62.8 Å². The van der Waals surface area contributed by atoms with Crippen LogP contribution < -0.4 is 0 Å². The maximum Gasteiger partial charge on any atom is 0.486 e. The van der Waals surface area contributed by atoms with Crippen LogP contribution in [-0.2, 0) is 15.9 Å². The van der Waals surface area contributed by atoms with Gasteiger partial charge in [-0.15, -0.1) is 0 Å². The molecule has 1 amide bonds. The number of carbonyl (C=O) groups is 1. The molecular formula is C17H21BBrNO3. The fourth-order valence-corrected chi connectivity index (χ4v) is 3.26. The van der Waals surface area contributed by atoms with Crippen LogP contribution in [0.1, 0.15) is 43.6 Å². The standard InChI is InChI=1S/C17H21BBrNO3/c1-16(2)17(3,4)23-18(22-16)9-6-10-20-11-13-12(15(20)21)7-5-8-14(13)19/h5-9H,10-11H2,1-4H3. The van der Waals surface area contributed by atoms with Gasteiger partial charge in [-0.05, 0) is 45.4 Å². The van der Waals surface area contributed by atoms with E-state index in [2.05, 4.69) is 15.9 Å². The highest BCUT2D eigenvalue weighted by Crippen LogP contribution is 2.37. The molecule has 0 unspecified atom stereocenters. The van der Waals surface area contributed by atoms with Gasteiger partial charge in [0.05, 0.1) is 11.2 Å². The van der Waals surface area contributed by atoms with E-state index in [0.717, 1.165) is 15.6 Å². The van der Waals surface area contributed by atoms with Crippen molar-refractivity contribution in [1.82, 2.24) is 4.90 Å². The van der Waals surface area contributed by atoms with Crippen LogP contribution in [0.25, 0.3) is 0 Å². The summed E-state index contributed by atoms with van der Waals surface area (Å²) >= 11 is 3.51. The lowest BCUT2D eigenvalue weighted by Crippen LogP contribution is -2.41. The average molecular weight is 378 g/mol. The fraction of sp³-hybridized carbons (Fsp3) is 0.471. The van der Waals surface area contributed by atoms with Gasteiger partial charge in [0.1, 0.15) is 0 Å². The monoisotopic (exact) mass is 377 g/mol. The van der Waals surface area contributed by atoms with E-state index in [0.29, 0.717) is 13.1 Å². The number of nitrogens with zero attached hydrogens (tertiary/aromatic N) is 1. The van der Waals surface area contributed by atoms with Crippen molar-refractivity contribution < 1.29 is 14.1 Å². The second-order valence-electron chi connectivity index (χ2n) is 7.00. The molecule has 0 spiro atoms. The summed E-state index contributed by atoms with van der Waals surface area (Å²) in [5.74, 6) is 1.96. The van der Waals surface area contributed by atoms with E-state index in [1.165, 1.54) is 0 Å². The summed E-state index contributed by atoms with van der Waals surface area (Å²) in [6.07, 6.45) is 1.94. The summed E-state index contributed by atoms with van der Waals surface area (Å²) in [4.78, 5) is 14.2. The van der Waals surface area contributed by atoms with Crippen LogP contribution in [-0.4, -0.2) is 35.7 Å². The number of hydrogen-bond acceptors (Lipinski definition) is 3. The molecule has 122 valence electrons. The lowest BCUT2D eigenvalue weighted by Gasteiger charge is -2.32. The molecule has 6 heteroatoms. The molecule has 23 heavy (non-hydrogen) atoms. The van der Waals surface area contributed by atoms with Crippen molar-refractivity contribution in [2.75, 3.05) is 6.54 Å². The summed E-state index contributed by atoms with van der Waals surface area (Å²) in [7, 11) is -0.369. The van der Waals surface area contributed by atoms with Crippen LogP contribution >= 0.6 is 15.9 Å². The average Bonchev–Trinajstić information content (AvgIpc) is 2.86. The quantitative estimate of drug-likeness (QED) is 0.755. The van der Waals surface area contributed by atoms with Crippen molar-refractivity contribution in [3.8, 4) is 0 Å². The molecule has 0 saturated carbocycles. The smallest absolute Gasteiger partial charge is 0.400 e. The van der Waals surface area contributed by atoms with Crippen LogP contribution in [0, 0.1) is 0 Å². The van der Waals surface area contributed by atoms with Crippen LogP contribution in [0.5, 0.6) is 0 Å². The van der Waals surface area contributed by atoms with Gasteiger partial charge in [-0.1, -0.05) is 34.0 Å². The first kappa shape index (κ1) is 16.7. The third-order valence-corrected chi connectivity index (χ3v) is 5.62. The van der Waals surface area contributed by atoms with Crippen LogP contribution in [0.3, 0.4) is 0 Å². The molecule has 0 aromatic heterocycles. The van der Waals surface area contributed by atoms with E-state index in [1.54, 1.807) is 0 Å². The number of amides is 1. The first-order valence-corrected chi connectivity index (χ1v) is 8.59. The molecule has 1 fully saturated rings. The van der Waals surface area contributed by atoms with Gasteiger partial charge in [-0.3, -0.25) is 4.79 Å². The summed E-state index contributed by atoms with van der Waals surface area (Å²) in [6, 6.07) is 5.74. The van der Waals surface area contributed by atoms with Crippen molar-refractivity contribution in [3.63, 3.8) is 0 Å². The molecule has 1 saturated heterocycles. The Morgan fingerprint density at radius 3 is 2.52 bits per heavy atom. The molecule has 4 nitrogen and oxygen atoms in total. The molecule has 2 heterocycles. The van der Waals surface area contributed by atoms with E-state index in [9.17, 15) is 4.79 Å². The molecule has 1 aromatic carbocycles. The van der Waals surface area contributed by atoms with Gasteiger partial charge in [0.15, 0.2) is 0 Å². The van der Waals surface area contributed by atoms with Gasteiger partial charge in [0, 0.05) is 23.1 Å². The lowest BCUT2D eigenvalue weighted by atomic mass is 9.90. The fourth-order valence-electron chi connectivity index (χ4n) is 2.77. The first-order chi connectivity index (χ1) is 10.7. The highest BCUT2D eigenvalue weighted by molar-refractivity contribution is 9.10. The van der Waals surface area contributed by atoms with Crippen molar-refractivity contribution in [1.29, 1.82) is 0 Å². The maximum absolute atomic E-state index is 12.4. The van der Waals surface area contributed by atoms with Gasteiger partial charge < -0.3 is 14.2 Å². The van der Waals surface area contributed by atoms with Gasteiger partial charge in [0.2, 0.25) is 0 Å². The predicted octanol–water partition coefficient (Wildman–Crippen LogP) is 3.59. The zero-order chi connectivity index (χ0) is 16.8. The number of benzene rings is 1. The Bertz CT molecular complexity index is 656. The van der Waals surface area contributed by atoms with E-state index < -0.39 is 0 Å². The van der Waals surface area contributed by atoms with Crippen LogP contribution in [0.2, 0.25) is 0 Å². The SMILES string of the molecule is CC1(C)OB(C=CCN2Cc3c(Br)cccc3C2=O)OC1(C)C.